The maximum Gasteiger partial charge on any atom is 0.242 e. The Labute approximate surface area is 149 Å². The molecule has 1 amide bonds. The Kier molecular flexibility index (Phi) is 5.58. The first-order valence-electron chi connectivity index (χ1n) is 8.32. The molecule has 0 radical (unpaired) electrons. The van der Waals surface area contributed by atoms with Crippen molar-refractivity contribution in [2.24, 2.45) is 5.73 Å². The number of carbonyl (C=O) groups is 1. The quantitative estimate of drug-likeness (QED) is 0.693. The van der Waals surface area contributed by atoms with Gasteiger partial charge in [-0.3, -0.25) is 9.69 Å². The number of aliphatic hydroxyl groups excluding tert-OH is 1. The lowest BCUT2D eigenvalue weighted by molar-refractivity contribution is -0.123. The standard InChI is InChI=1S/C17H21F2N3O4/c18-12-5-10(7-23)14(6-13(12)19)21-11-1-3-22(4-2-11)16(17(20)24)15-8-25-9-26-15/h5-6,8,11,16,21,23H,1-4,7,9H2,(H2,20,24). The molecule has 0 saturated carbocycles. The van der Waals surface area contributed by atoms with Crippen molar-refractivity contribution >= 4 is 11.6 Å². The normalized spacial score (nSPS) is 19.4. The van der Waals surface area contributed by atoms with Crippen LogP contribution in [0.25, 0.3) is 0 Å². The van der Waals surface area contributed by atoms with Crippen LogP contribution in [0.3, 0.4) is 0 Å². The number of amides is 1. The number of aliphatic hydroxyl groups is 1. The number of piperidine rings is 1. The first kappa shape index (κ1) is 18.4. The number of primary amides is 1. The summed E-state index contributed by atoms with van der Waals surface area (Å²) in [5, 5.41) is 12.5. The average Bonchev–Trinajstić information content (AvgIpc) is 3.13. The van der Waals surface area contributed by atoms with Crippen LogP contribution in [0.15, 0.2) is 24.2 Å². The summed E-state index contributed by atoms with van der Waals surface area (Å²) in [5.41, 5.74) is 6.16. The number of likely N-dealkylation sites (tertiary alicyclic amines) is 1. The minimum atomic E-state index is -0.995. The van der Waals surface area contributed by atoms with Crippen molar-refractivity contribution in [3.63, 3.8) is 0 Å². The highest BCUT2D eigenvalue weighted by molar-refractivity contribution is 5.82. The van der Waals surface area contributed by atoms with E-state index in [-0.39, 0.29) is 12.8 Å². The van der Waals surface area contributed by atoms with E-state index in [2.05, 4.69) is 5.32 Å². The third-order valence-corrected chi connectivity index (χ3v) is 4.60. The molecule has 1 atom stereocenters. The number of benzene rings is 1. The van der Waals surface area contributed by atoms with Gasteiger partial charge in [0.1, 0.15) is 6.26 Å². The Bertz CT molecular complexity index is 705. The van der Waals surface area contributed by atoms with Crippen LogP contribution in [0.4, 0.5) is 14.5 Å². The summed E-state index contributed by atoms with van der Waals surface area (Å²) in [6.07, 6.45) is 2.71. The van der Waals surface area contributed by atoms with Crippen LogP contribution in [-0.4, -0.2) is 47.9 Å². The van der Waals surface area contributed by atoms with Crippen LogP contribution in [0.5, 0.6) is 0 Å². The molecule has 26 heavy (non-hydrogen) atoms. The fraction of sp³-hybridized carbons (Fsp3) is 0.471. The average molecular weight is 369 g/mol. The number of nitrogens with two attached hydrogens (primary N) is 1. The molecule has 1 aromatic rings. The fourth-order valence-corrected chi connectivity index (χ4v) is 3.27. The minimum absolute atomic E-state index is 0.00957. The third kappa shape index (κ3) is 3.88. The molecule has 9 heteroatoms. The second kappa shape index (κ2) is 7.88. The third-order valence-electron chi connectivity index (χ3n) is 4.60. The van der Waals surface area contributed by atoms with E-state index in [1.807, 2.05) is 4.90 Å². The van der Waals surface area contributed by atoms with Gasteiger partial charge in [0, 0.05) is 36.4 Å². The maximum atomic E-state index is 13.5. The maximum absolute atomic E-state index is 13.5. The molecule has 0 bridgehead atoms. The number of halogens is 2. The van der Waals surface area contributed by atoms with Crippen LogP contribution in [0.1, 0.15) is 18.4 Å². The number of ether oxygens (including phenoxy) is 2. The topological polar surface area (TPSA) is 97.1 Å². The molecular weight excluding hydrogens is 348 g/mol. The zero-order valence-corrected chi connectivity index (χ0v) is 14.1. The van der Waals surface area contributed by atoms with Gasteiger partial charge in [-0.05, 0) is 18.9 Å². The molecule has 1 unspecified atom stereocenters. The van der Waals surface area contributed by atoms with E-state index in [4.69, 9.17) is 15.2 Å². The number of hydrogen-bond donors (Lipinski definition) is 3. The molecular formula is C17H21F2N3O4. The van der Waals surface area contributed by atoms with Crippen LogP contribution in [-0.2, 0) is 20.9 Å². The number of carbonyl (C=O) groups excluding carboxylic acids is 1. The highest BCUT2D eigenvalue weighted by Gasteiger charge is 2.34. The van der Waals surface area contributed by atoms with Gasteiger partial charge in [-0.1, -0.05) is 0 Å². The highest BCUT2D eigenvalue weighted by Crippen LogP contribution is 2.26. The Balaban J connectivity index is 1.63. The van der Waals surface area contributed by atoms with E-state index in [0.717, 1.165) is 12.1 Å². The lowest BCUT2D eigenvalue weighted by Crippen LogP contribution is -2.51. The zero-order valence-electron chi connectivity index (χ0n) is 14.1. The first-order valence-corrected chi connectivity index (χ1v) is 8.32. The molecule has 7 nitrogen and oxygen atoms in total. The van der Waals surface area contributed by atoms with E-state index in [0.29, 0.717) is 42.9 Å². The Morgan fingerprint density at radius 2 is 2.04 bits per heavy atom. The summed E-state index contributed by atoms with van der Waals surface area (Å²) in [5.74, 6) is -2.09. The molecule has 0 spiro atoms. The van der Waals surface area contributed by atoms with Gasteiger partial charge in [-0.25, -0.2) is 8.78 Å². The predicted molar refractivity (Wildman–Crippen MR) is 88.6 cm³/mol. The molecule has 0 aromatic heterocycles. The van der Waals surface area contributed by atoms with E-state index >= 15 is 0 Å². The molecule has 4 N–H and O–H groups in total. The molecule has 1 aromatic carbocycles. The monoisotopic (exact) mass is 369 g/mol. The van der Waals surface area contributed by atoms with E-state index in [1.165, 1.54) is 6.26 Å². The van der Waals surface area contributed by atoms with Crippen molar-refractivity contribution in [3.05, 3.63) is 41.4 Å². The Morgan fingerprint density at radius 3 is 2.62 bits per heavy atom. The summed E-state index contributed by atoms with van der Waals surface area (Å²) in [7, 11) is 0. The smallest absolute Gasteiger partial charge is 0.242 e. The fourth-order valence-electron chi connectivity index (χ4n) is 3.27. The molecule has 2 heterocycles. The Hall–Kier alpha value is -2.39. The summed E-state index contributed by atoms with van der Waals surface area (Å²) in [6.45, 7) is 0.791. The van der Waals surface area contributed by atoms with Gasteiger partial charge in [-0.2, -0.15) is 0 Å². The lowest BCUT2D eigenvalue weighted by atomic mass is 10.0. The number of anilines is 1. The van der Waals surface area contributed by atoms with E-state index in [9.17, 15) is 18.7 Å². The molecule has 1 fully saturated rings. The summed E-state index contributed by atoms with van der Waals surface area (Å²) >= 11 is 0. The summed E-state index contributed by atoms with van der Waals surface area (Å²) in [6, 6.07) is 1.34. The second-order valence-corrected chi connectivity index (χ2v) is 6.29. The van der Waals surface area contributed by atoms with E-state index in [1.54, 1.807) is 0 Å². The van der Waals surface area contributed by atoms with Crippen LogP contribution >= 0.6 is 0 Å². The van der Waals surface area contributed by atoms with Crippen molar-refractivity contribution in [3.8, 4) is 0 Å². The molecule has 142 valence electrons. The summed E-state index contributed by atoms with van der Waals surface area (Å²) in [4.78, 5) is 13.7. The van der Waals surface area contributed by atoms with E-state index < -0.39 is 30.2 Å². The number of rotatable bonds is 6. The Morgan fingerprint density at radius 1 is 1.35 bits per heavy atom. The minimum Gasteiger partial charge on any atom is -0.462 e. The molecule has 1 saturated heterocycles. The largest absolute Gasteiger partial charge is 0.462 e. The van der Waals surface area contributed by atoms with Gasteiger partial charge in [0.25, 0.3) is 0 Å². The van der Waals surface area contributed by atoms with Gasteiger partial charge >= 0.3 is 0 Å². The molecule has 0 aliphatic carbocycles. The van der Waals surface area contributed by atoms with Crippen molar-refractivity contribution < 1.29 is 28.2 Å². The van der Waals surface area contributed by atoms with Crippen LogP contribution < -0.4 is 11.1 Å². The van der Waals surface area contributed by atoms with Crippen LogP contribution in [0, 0.1) is 11.6 Å². The van der Waals surface area contributed by atoms with Crippen molar-refractivity contribution in [2.45, 2.75) is 31.5 Å². The van der Waals surface area contributed by atoms with Gasteiger partial charge in [0.2, 0.25) is 12.7 Å². The number of hydrogen-bond acceptors (Lipinski definition) is 6. The summed E-state index contributed by atoms with van der Waals surface area (Å²) < 4.78 is 37.1. The van der Waals surface area contributed by atoms with Crippen molar-refractivity contribution in [1.29, 1.82) is 0 Å². The van der Waals surface area contributed by atoms with Crippen molar-refractivity contribution in [2.75, 3.05) is 25.2 Å². The number of nitrogens with zero attached hydrogens (tertiary/aromatic N) is 1. The molecule has 2 aliphatic heterocycles. The van der Waals surface area contributed by atoms with Gasteiger partial charge in [0.05, 0.1) is 6.61 Å². The zero-order chi connectivity index (χ0) is 18.7. The molecule has 2 aliphatic rings. The lowest BCUT2D eigenvalue weighted by Gasteiger charge is -2.36. The molecule has 3 rings (SSSR count). The van der Waals surface area contributed by atoms with Crippen LogP contribution in [0.2, 0.25) is 0 Å². The highest BCUT2D eigenvalue weighted by atomic mass is 19.2. The van der Waals surface area contributed by atoms with Gasteiger partial charge in [-0.15, -0.1) is 0 Å². The van der Waals surface area contributed by atoms with Gasteiger partial charge in [0.15, 0.2) is 23.4 Å². The predicted octanol–water partition coefficient (Wildman–Crippen LogP) is 1.03. The van der Waals surface area contributed by atoms with Gasteiger partial charge < -0.3 is 25.6 Å². The SMILES string of the molecule is NC(=O)C(C1=COCO1)N1CCC(Nc2cc(F)c(F)cc2CO)CC1. The first-order chi connectivity index (χ1) is 12.5. The van der Waals surface area contributed by atoms with Crippen molar-refractivity contribution in [1.82, 2.24) is 4.90 Å². The number of nitrogens with one attached hydrogen (secondary N) is 1. The second-order valence-electron chi connectivity index (χ2n) is 6.29.